The molecule has 0 bridgehead atoms. The second-order valence-corrected chi connectivity index (χ2v) is 6.36. The minimum atomic E-state index is 0.337. The summed E-state index contributed by atoms with van der Waals surface area (Å²) in [4.78, 5) is 16.4. The normalized spacial score (nSPS) is 24.8. The summed E-state index contributed by atoms with van der Waals surface area (Å²) in [6, 6.07) is 0.684. The zero-order valence-corrected chi connectivity index (χ0v) is 12.2. The Morgan fingerprint density at radius 3 is 2.00 bits per heavy atom. The van der Waals surface area contributed by atoms with Crippen molar-refractivity contribution in [1.29, 1.82) is 0 Å². The molecule has 1 spiro atoms. The van der Waals surface area contributed by atoms with E-state index in [9.17, 15) is 4.79 Å². The summed E-state index contributed by atoms with van der Waals surface area (Å²) in [5, 5.41) is 0. The molecule has 2 aliphatic heterocycles. The maximum absolute atomic E-state index is 11.7. The van der Waals surface area contributed by atoms with E-state index in [2.05, 4.69) is 23.6 Å². The average molecular weight is 252 g/mol. The van der Waals surface area contributed by atoms with Gasteiger partial charge in [0.15, 0.2) is 0 Å². The van der Waals surface area contributed by atoms with E-state index in [1.807, 2.05) is 6.92 Å². The van der Waals surface area contributed by atoms with Crippen molar-refractivity contribution in [2.45, 2.75) is 58.9 Å². The highest BCUT2D eigenvalue weighted by Gasteiger charge is 2.38. The number of piperidine rings is 2. The van der Waals surface area contributed by atoms with Crippen molar-refractivity contribution in [1.82, 2.24) is 9.80 Å². The smallest absolute Gasteiger partial charge is 0.222 e. The van der Waals surface area contributed by atoms with Crippen LogP contribution in [0.3, 0.4) is 0 Å². The summed E-state index contributed by atoms with van der Waals surface area (Å²) in [7, 11) is 0. The van der Waals surface area contributed by atoms with Gasteiger partial charge in [-0.1, -0.05) is 6.92 Å². The second kappa shape index (κ2) is 5.60. The molecule has 2 aliphatic rings. The third kappa shape index (κ3) is 2.87. The van der Waals surface area contributed by atoms with Gasteiger partial charge in [0.05, 0.1) is 0 Å². The van der Waals surface area contributed by atoms with Crippen molar-refractivity contribution in [2.75, 3.05) is 26.2 Å². The van der Waals surface area contributed by atoms with Crippen molar-refractivity contribution in [3.8, 4) is 0 Å². The van der Waals surface area contributed by atoms with E-state index in [0.717, 1.165) is 13.1 Å². The number of amides is 1. The van der Waals surface area contributed by atoms with Crippen LogP contribution in [0.4, 0.5) is 0 Å². The molecular weight excluding hydrogens is 224 g/mol. The number of likely N-dealkylation sites (tertiary alicyclic amines) is 2. The zero-order chi connectivity index (χ0) is 13.2. The molecule has 0 aromatic rings. The number of hydrogen-bond donors (Lipinski definition) is 0. The minimum absolute atomic E-state index is 0.337. The van der Waals surface area contributed by atoms with Crippen molar-refractivity contribution in [3.05, 3.63) is 0 Å². The lowest BCUT2D eigenvalue weighted by Crippen LogP contribution is -2.49. The van der Waals surface area contributed by atoms with Crippen LogP contribution in [0.2, 0.25) is 0 Å². The molecular formula is C15H28N2O. The molecule has 2 fully saturated rings. The van der Waals surface area contributed by atoms with Crippen LogP contribution < -0.4 is 0 Å². The van der Waals surface area contributed by atoms with E-state index in [4.69, 9.17) is 0 Å². The summed E-state index contributed by atoms with van der Waals surface area (Å²) < 4.78 is 0. The van der Waals surface area contributed by atoms with Gasteiger partial charge in [-0.3, -0.25) is 4.79 Å². The molecule has 0 aromatic heterocycles. The SMILES string of the molecule is CCC(=O)N1CCC2(CC1)CCN(C(C)C)CC2. The Kier molecular flexibility index (Phi) is 4.31. The molecule has 2 rings (SSSR count). The number of nitrogens with zero attached hydrogens (tertiary/aromatic N) is 2. The third-order valence-electron chi connectivity index (χ3n) is 5.07. The molecule has 0 N–H and O–H groups in total. The van der Waals surface area contributed by atoms with E-state index in [0.29, 0.717) is 23.8 Å². The molecule has 0 aliphatic carbocycles. The lowest BCUT2D eigenvalue weighted by Gasteiger charge is -2.47. The monoisotopic (exact) mass is 252 g/mol. The van der Waals surface area contributed by atoms with Crippen LogP contribution in [0.25, 0.3) is 0 Å². The first-order valence-corrected chi connectivity index (χ1v) is 7.58. The first kappa shape index (κ1) is 13.9. The summed E-state index contributed by atoms with van der Waals surface area (Å²) in [5.41, 5.74) is 0.551. The molecule has 18 heavy (non-hydrogen) atoms. The van der Waals surface area contributed by atoms with Crippen LogP contribution in [0.1, 0.15) is 52.9 Å². The minimum Gasteiger partial charge on any atom is -0.343 e. The van der Waals surface area contributed by atoms with Crippen molar-refractivity contribution in [3.63, 3.8) is 0 Å². The second-order valence-electron chi connectivity index (χ2n) is 6.36. The van der Waals surface area contributed by atoms with E-state index < -0.39 is 0 Å². The molecule has 0 aromatic carbocycles. The fraction of sp³-hybridized carbons (Fsp3) is 0.933. The maximum Gasteiger partial charge on any atom is 0.222 e. The van der Waals surface area contributed by atoms with Gasteiger partial charge in [-0.15, -0.1) is 0 Å². The number of carbonyl (C=O) groups is 1. The van der Waals surface area contributed by atoms with Crippen molar-refractivity contribution in [2.24, 2.45) is 5.41 Å². The fourth-order valence-corrected chi connectivity index (χ4v) is 3.47. The zero-order valence-electron chi connectivity index (χ0n) is 12.2. The van der Waals surface area contributed by atoms with E-state index in [-0.39, 0.29) is 0 Å². The molecule has 0 unspecified atom stereocenters. The molecule has 2 heterocycles. The van der Waals surface area contributed by atoms with Crippen LogP contribution in [0, 0.1) is 5.41 Å². The highest BCUT2D eigenvalue weighted by atomic mass is 16.2. The standard InChI is InChI=1S/C15H28N2O/c1-4-14(18)17-11-7-15(8-12-17)5-9-16(10-6-15)13(2)3/h13H,4-12H2,1-3H3. The van der Waals surface area contributed by atoms with Crippen LogP contribution in [0.15, 0.2) is 0 Å². The summed E-state index contributed by atoms with van der Waals surface area (Å²) in [6.45, 7) is 11.0. The van der Waals surface area contributed by atoms with Gasteiger partial charge in [0.1, 0.15) is 0 Å². The van der Waals surface area contributed by atoms with Gasteiger partial charge in [-0.05, 0) is 58.0 Å². The van der Waals surface area contributed by atoms with Gasteiger partial charge < -0.3 is 9.80 Å². The lowest BCUT2D eigenvalue weighted by molar-refractivity contribution is -0.133. The molecule has 0 atom stereocenters. The molecule has 2 saturated heterocycles. The van der Waals surface area contributed by atoms with Crippen molar-refractivity contribution >= 4 is 5.91 Å². The van der Waals surface area contributed by atoms with Gasteiger partial charge >= 0.3 is 0 Å². The fourth-order valence-electron chi connectivity index (χ4n) is 3.47. The Morgan fingerprint density at radius 2 is 1.56 bits per heavy atom. The van der Waals surface area contributed by atoms with Gasteiger partial charge in [0.2, 0.25) is 5.91 Å². The first-order valence-electron chi connectivity index (χ1n) is 7.58. The van der Waals surface area contributed by atoms with Gasteiger partial charge in [-0.25, -0.2) is 0 Å². The summed E-state index contributed by atoms with van der Waals surface area (Å²) >= 11 is 0. The largest absolute Gasteiger partial charge is 0.343 e. The quantitative estimate of drug-likeness (QED) is 0.754. The van der Waals surface area contributed by atoms with E-state index in [1.54, 1.807) is 0 Å². The van der Waals surface area contributed by atoms with Crippen LogP contribution in [0.5, 0.6) is 0 Å². The molecule has 1 amide bonds. The van der Waals surface area contributed by atoms with Gasteiger partial charge in [-0.2, -0.15) is 0 Å². The van der Waals surface area contributed by atoms with E-state index >= 15 is 0 Å². The Balaban J connectivity index is 1.84. The predicted molar refractivity (Wildman–Crippen MR) is 74.5 cm³/mol. The number of hydrogen-bond acceptors (Lipinski definition) is 2. The summed E-state index contributed by atoms with van der Waals surface area (Å²) in [5.74, 6) is 0.337. The van der Waals surface area contributed by atoms with Crippen LogP contribution >= 0.6 is 0 Å². The summed E-state index contributed by atoms with van der Waals surface area (Å²) in [6.07, 6.45) is 5.78. The highest BCUT2D eigenvalue weighted by Crippen LogP contribution is 2.41. The van der Waals surface area contributed by atoms with E-state index in [1.165, 1.54) is 38.8 Å². The third-order valence-corrected chi connectivity index (χ3v) is 5.07. The predicted octanol–water partition coefficient (Wildman–Crippen LogP) is 2.51. The number of carbonyl (C=O) groups excluding carboxylic acids is 1. The highest BCUT2D eigenvalue weighted by molar-refractivity contribution is 5.75. The maximum atomic E-state index is 11.7. The molecule has 0 radical (unpaired) electrons. The Hall–Kier alpha value is -0.570. The Labute approximate surface area is 112 Å². The van der Waals surface area contributed by atoms with Crippen LogP contribution in [-0.2, 0) is 4.79 Å². The average Bonchev–Trinajstić information content (AvgIpc) is 2.39. The molecule has 3 heteroatoms. The lowest BCUT2D eigenvalue weighted by atomic mass is 9.71. The van der Waals surface area contributed by atoms with Gasteiger partial charge in [0, 0.05) is 25.6 Å². The topological polar surface area (TPSA) is 23.6 Å². The first-order chi connectivity index (χ1) is 8.56. The van der Waals surface area contributed by atoms with Gasteiger partial charge in [0.25, 0.3) is 0 Å². The van der Waals surface area contributed by atoms with Crippen molar-refractivity contribution < 1.29 is 4.79 Å². The molecule has 104 valence electrons. The Bertz CT molecular complexity index is 283. The molecule has 0 saturated carbocycles. The van der Waals surface area contributed by atoms with Crippen LogP contribution in [-0.4, -0.2) is 47.9 Å². The Morgan fingerprint density at radius 1 is 1.06 bits per heavy atom. The molecule has 3 nitrogen and oxygen atoms in total. The number of rotatable bonds is 2.